The Morgan fingerprint density at radius 1 is 1.26 bits per heavy atom. The summed E-state index contributed by atoms with van der Waals surface area (Å²) in [6.07, 6.45) is 2.59. The maximum absolute atomic E-state index is 5.81. The molecule has 0 aliphatic heterocycles. The van der Waals surface area contributed by atoms with E-state index in [9.17, 15) is 0 Å². The van der Waals surface area contributed by atoms with Gasteiger partial charge in [0.2, 0.25) is 0 Å². The van der Waals surface area contributed by atoms with Crippen molar-refractivity contribution in [1.29, 1.82) is 0 Å². The standard InChI is InChI=1S/C17H21N5O/c1-18-17(20-12-14-7-10-21-22(14)2)19-9-8-15-11-13-5-3-4-6-16(13)23-15/h3-7,10-11H,8-9,12H2,1-2H3,(H2,18,19,20). The number of fused-ring (bicyclic) bond motifs is 1. The summed E-state index contributed by atoms with van der Waals surface area (Å²) >= 11 is 0. The van der Waals surface area contributed by atoms with Crippen LogP contribution in [-0.4, -0.2) is 29.3 Å². The van der Waals surface area contributed by atoms with E-state index in [1.807, 2.05) is 36.0 Å². The average molecular weight is 311 g/mol. The fraction of sp³-hybridized carbons (Fsp3) is 0.294. The molecule has 0 unspecified atom stereocenters. The first-order chi connectivity index (χ1) is 11.3. The van der Waals surface area contributed by atoms with E-state index in [0.717, 1.165) is 41.3 Å². The number of nitrogens with zero attached hydrogens (tertiary/aromatic N) is 3. The Balaban J connectivity index is 1.49. The van der Waals surface area contributed by atoms with Gasteiger partial charge in [-0.05, 0) is 18.2 Å². The summed E-state index contributed by atoms with van der Waals surface area (Å²) in [6, 6.07) is 12.1. The number of para-hydroxylation sites is 1. The van der Waals surface area contributed by atoms with E-state index >= 15 is 0 Å². The van der Waals surface area contributed by atoms with Gasteiger partial charge in [-0.3, -0.25) is 9.67 Å². The summed E-state index contributed by atoms with van der Waals surface area (Å²) in [7, 11) is 3.69. The Hall–Kier alpha value is -2.76. The summed E-state index contributed by atoms with van der Waals surface area (Å²) < 4.78 is 7.65. The summed E-state index contributed by atoms with van der Waals surface area (Å²) in [5.74, 6) is 1.74. The van der Waals surface area contributed by atoms with Crippen LogP contribution in [0.3, 0.4) is 0 Å². The molecule has 6 heteroatoms. The molecule has 0 spiro atoms. The Kier molecular flexibility index (Phi) is 4.61. The minimum absolute atomic E-state index is 0.681. The molecule has 120 valence electrons. The number of benzene rings is 1. The van der Waals surface area contributed by atoms with E-state index < -0.39 is 0 Å². The van der Waals surface area contributed by atoms with Crippen LogP contribution in [-0.2, 0) is 20.0 Å². The third kappa shape index (κ3) is 3.71. The number of hydrogen-bond donors (Lipinski definition) is 2. The Morgan fingerprint density at radius 3 is 2.87 bits per heavy atom. The number of nitrogens with one attached hydrogen (secondary N) is 2. The van der Waals surface area contributed by atoms with E-state index in [-0.39, 0.29) is 0 Å². The number of guanidine groups is 1. The number of rotatable bonds is 5. The third-order valence-corrected chi connectivity index (χ3v) is 3.72. The zero-order valence-electron chi connectivity index (χ0n) is 13.4. The van der Waals surface area contributed by atoms with Crippen LogP contribution in [0.15, 0.2) is 52.0 Å². The molecule has 2 heterocycles. The predicted octanol–water partition coefficient (Wildman–Crippen LogP) is 2.07. The van der Waals surface area contributed by atoms with Crippen LogP contribution in [0, 0.1) is 0 Å². The minimum atomic E-state index is 0.681. The maximum Gasteiger partial charge on any atom is 0.191 e. The van der Waals surface area contributed by atoms with Crippen molar-refractivity contribution in [3.8, 4) is 0 Å². The monoisotopic (exact) mass is 311 g/mol. The van der Waals surface area contributed by atoms with Crippen LogP contribution in [0.2, 0.25) is 0 Å². The van der Waals surface area contributed by atoms with Gasteiger partial charge in [-0.1, -0.05) is 18.2 Å². The second-order valence-corrected chi connectivity index (χ2v) is 5.30. The van der Waals surface area contributed by atoms with Crippen molar-refractivity contribution in [3.05, 3.63) is 54.0 Å². The Labute approximate surface area is 135 Å². The number of aliphatic imine (C=N–C) groups is 1. The summed E-state index contributed by atoms with van der Waals surface area (Å²) in [5, 5.41) is 11.9. The SMILES string of the molecule is CN=C(NCCc1cc2ccccc2o1)NCc1ccnn1C. The van der Waals surface area contributed by atoms with E-state index in [1.54, 1.807) is 13.2 Å². The van der Waals surface area contributed by atoms with E-state index in [1.165, 1.54) is 0 Å². The first-order valence-electron chi connectivity index (χ1n) is 7.65. The van der Waals surface area contributed by atoms with Gasteiger partial charge in [0.25, 0.3) is 0 Å². The molecule has 0 amide bonds. The smallest absolute Gasteiger partial charge is 0.191 e. The lowest BCUT2D eigenvalue weighted by atomic mass is 10.2. The predicted molar refractivity (Wildman–Crippen MR) is 91.3 cm³/mol. The zero-order chi connectivity index (χ0) is 16.1. The van der Waals surface area contributed by atoms with E-state index in [0.29, 0.717) is 6.54 Å². The van der Waals surface area contributed by atoms with E-state index in [4.69, 9.17) is 4.42 Å². The van der Waals surface area contributed by atoms with Crippen molar-refractivity contribution in [3.63, 3.8) is 0 Å². The molecule has 0 saturated heterocycles. The highest BCUT2D eigenvalue weighted by Crippen LogP contribution is 2.18. The lowest BCUT2D eigenvalue weighted by Crippen LogP contribution is -2.38. The summed E-state index contributed by atoms with van der Waals surface area (Å²) in [6.45, 7) is 1.44. The van der Waals surface area contributed by atoms with Crippen LogP contribution in [0.5, 0.6) is 0 Å². The number of aryl methyl sites for hydroxylation is 1. The number of furan rings is 1. The van der Waals surface area contributed by atoms with Crippen molar-refractivity contribution in [2.45, 2.75) is 13.0 Å². The summed E-state index contributed by atoms with van der Waals surface area (Å²) in [4.78, 5) is 4.23. The molecule has 0 atom stereocenters. The minimum Gasteiger partial charge on any atom is -0.461 e. The molecule has 23 heavy (non-hydrogen) atoms. The van der Waals surface area contributed by atoms with Gasteiger partial charge in [-0.2, -0.15) is 5.10 Å². The van der Waals surface area contributed by atoms with Gasteiger partial charge in [0.1, 0.15) is 11.3 Å². The molecule has 0 saturated carbocycles. The second-order valence-electron chi connectivity index (χ2n) is 5.30. The quantitative estimate of drug-likeness (QED) is 0.559. The van der Waals surface area contributed by atoms with Gasteiger partial charge in [-0.25, -0.2) is 0 Å². The molecule has 2 N–H and O–H groups in total. The molecule has 0 fully saturated rings. The molecule has 3 rings (SSSR count). The third-order valence-electron chi connectivity index (χ3n) is 3.72. The molecule has 0 aliphatic carbocycles. The van der Waals surface area contributed by atoms with Crippen LogP contribution < -0.4 is 10.6 Å². The van der Waals surface area contributed by atoms with Gasteiger partial charge in [-0.15, -0.1) is 0 Å². The van der Waals surface area contributed by atoms with Crippen molar-refractivity contribution in [2.75, 3.05) is 13.6 Å². The molecule has 2 aromatic heterocycles. The number of aromatic nitrogens is 2. The molecule has 0 radical (unpaired) electrons. The van der Waals surface area contributed by atoms with Crippen molar-refractivity contribution in [2.24, 2.45) is 12.0 Å². The van der Waals surface area contributed by atoms with Crippen molar-refractivity contribution < 1.29 is 4.42 Å². The molecular formula is C17H21N5O. The molecular weight excluding hydrogens is 290 g/mol. The Morgan fingerprint density at radius 2 is 2.13 bits per heavy atom. The molecule has 0 aliphatic rings. The molecule has 0 bridgehead atoms. The van der Waals surface area contributed by atoms with Gasteiger partial charge in [0.05, 0.1) is 12.2 Å². The van der Waals surface area contributed by atoms with Crippen LogP contribution in [0.25, 0.3) is 11.0 Å². The molecule has 6 nitrogen and oxygen atoms in total. The fourth-order valence-corrected chi connectivity index (χ4v) is 2.43. The second kappa shape index (κ2) is 7.00. The topological polar surface area (TPSA) is 67.4 Å². The van der Waals surface area contributed by atoms with Crippen molar-refractivity contribution in [1.82, 2.24) is 20.4 Å². The highest BCUT2D eigenvalue weighted by Gasteiger charge is 2.04. The van der Waals surface area contributed by atoms with Crippen LogP contribution in [0.1, 0.15) is 11.5 Å². The number of hydrogen-bond acceptors (Lipinski definition) is 3. The normalized spacial score (nSPS) is 11.8. The lowest BCUT2D eigenvalue weighted by molar-refractivity contribution is 0.544. The molecule has 1 aromatic carbocycles. The zero-order valence-corrected chi connectivity index (χ0v) is 13.4. The van der Waals surface area contributed by atoms with Gasteiger partial charge >= 0.3 is 0 Å². The van der Waals surface area contributed by atoms with Gasteiger partial charge < -0.3 is 15.1 Å². The van der Waals surface area contributed by atoms with Crippen LogP contribution in [0.4, 0.5) is 0 Å². The fourth-order valence-electron chi connectivity index (χ4n) is 2.43. The van der Waals surface area contributed by atoms with Gasteiger partial charge in [0, 0.05) is 38.6 Å². The average Bonchev–Trinajstić information content (AvgIpc) is 3.16. The highest BCUT2D eigenvalue weighted by atomic mass is 16.3. The largest absolute Gasteiger partial charge is 0.461 e. The lowest BCUT2D eigenvalue weighted by Gasteiger charge is -2.11. The highest BCUT2D eigenvalue weighted by molar-refractivity contribution is 5.79. The van der Waals surface area contributed by atoms with Gasteiger partial charge in [0.15, 0.2) is 5.96 Å². The van der Waals surface area contributed by atoms with Crippen LogP contribution >= 0.6 is 0 Å². The first-order valence-corrected chi connectivity index (χ1v) is 7.65. The van der Waals surface area contributed by atoms with E-state index in [2.05, 4.69) is 32.9 Å². The molecule has 3 aromatic rings. The van der Waals surface area contributed by atoms with Crippen molar-refractivity contribution >= 4 is 16.9 Å². The summed E-state index contributed by atoms with van der Waals surface area (Å²) in [5.41, 5.74) is 2.03. The first kappa shape index (κ1) is 15.1. The maximum atomic E-state index is 5.81. The Bertz CT molecular complexity index is 769.